The van der Waals surface area contributed by atoms with E-state index in [0.29, 0.717) is 0 Å². The number of carbonyl (C=O) groups excluding carboxylic acids is 1. The van der Waals surface area contributed by atoms with Gasteiger partial charge >= 0.3 is 5.97 Å². The molecule has 126 valence electrons. The fraction of sp³-hybridized carbons (Fsp3) is 0.238. The second-order valence-corrected chi connectivity index (χ2v) is 6.16. The van der Waals surface area contributed by atoms with Crippen LogP contribution in [0.2, 0.25) is 0 Å². The van der Waals surface area contributed by atoms with Crippen molar-refractivity contribution >= 4 is 33.9 Å². The molecule has 0 saturated heterocycles. The summed E-state index contributed by atoms with van der Waals surface area (Å²) < 4.78 is 7.38. The van der Waals surface area contributed by atoms with Crippen molar-refractivity contribution in [3.05, 3.63) is 53.6 Å². The van der Waals surface area contributed by atoms with Gasteiger partial charge in [0.25, 0.3) is 0 Å². The minimum absolute atomic E-state index is 0.00674. The third-order valence-corrected chi connectivity index (χ3v) is 4.11. The van der Waals surface area contributed by atoms with Gasteiger partial charge in [0.1, 0.15) is 11.6 Å². The van der Waals surface area contributed by atoms with E-state index in [2.05, 4.69) is 23.6 Å². The molecule has 0 aliphatic carbocycles. The van der Waals surface area contributed by atoms with Crippen LogP contribution in [-0.2, 0) is 16.1 Å². The molecule has 0 spiro atoms. The lowest BCUT2D eigenvalue weighted by Crippen LogP contribution is -2.12. The van der Waals surface area contributed by atoms with Gasteiger partial charge in [0.15, 0.2) is 0 Å². The van der Waals surface area contributed by atoms with Crippen molar-refractivity contribution < 1.29 is 9.53 Å². The number of carbonyl (C=O) groups is 1. The van der Waals surface area contributed by atoms with Crippen LogP contribution >= 0.6 is 0 Å². The molecule has 0 N–H and O–H groups in total. The Bertz CT molecular complexity index is 1020. The molecule has 1 aromatic heterocycles. The van der Waals surface area contributed by atoms with E-state index in [-0.39, 0.29) is 11.7 Å². The molecule has 0 unspecified atom stereocenters. The number of aryl methyl sites for hydroxylation is 1. The van der Waals surface area contributed by atoms with Gasteiger partial charge in [-0.2, -0.15) is 5.26 Å². The van der Waals surface area contributed by atoms with Crippen molar-refractivity contribution in [3.63, 3.8) is 0 Å². The quantitative estimate of drug-likeness (QED) is 0.396. The van der Waals surface area contributed by atoms with Crippen LogP contribution in [0.1, 0.15) is 26.3 Å². The van der Waals surface area contributed by atoms with Crippen LogP contribution in [0, 0.1) is 11.3 Å². The number of nitriles is 1. The molecule has 0 fully saturated rings. The number of benzene rings is 2. The Labute approximate surface area is 146 Å². The minimum atomic E-state index is -0.589. The second kappa shape index (κ2) is 6.82. The van der Waals surface area contributed by atoms with Gasteiger partial charge in [-0.3, -0.25) is 0 Å². The van der Waals surface area contributed by atoms with Crippen molar-refractivity contribution in [1.82, 2.24) is 4.57 Å². The van der Waals surface area contributed by atoms with E-state index in [1.165, 1.54) is 5.52 Å². The standard InChI is InChI=1S/C21H20N2O2/c1-4-23-19-8-6-5-7-17(19)18-12-15(9-10-20(18)23)11-16(13-22)21(24)25-14(2)3/h5-12,14H,4H2,1-3H3. The lowest BCUT2D eigenvalue weighted by atomic mass is 10.1. The van der Waals surface area contributed by atoms with Gasteiger partial charge in [0.05, 0.1) is 6.10 Å². The first-order valence-corrected chi connectivity index (χ1v) is 8.39. The molecular weight excluding hydrogens is 312 g/mol. The highest BCUT2D eigenvalue weighted by Gasteiger charge is 2.13. The van der Waals surface area contributed by atoms with Crippen molar-refractivity contribution in [2.75, 3.05) is 0 Å². The molecule has 3 aromatic rings. The molecular formula is C21H20N2O2. The van der Waals surface area contributed by atoms with E-state index in [9.17, 15) is 10.1 Å². The first-order valence-electron chi connectivity index (χ1n) is 8.39. The zero-order chi connectivity index (χ0) is 18.0. The van der Waals surface area contributed by atoms with Crippen LogP contribution in [0.15, 0.2) is 48.0 Å². The van der Waals surface area contributed by atoms with Crippen molar-refractivity contribution in [2.45, 2.75) is 33.4 Å². The molecule has 1 heterocycles. The van der Waals surface area contributed by atoms with E-state index in [0.717, 1.165) is 28.4 Å². The van der Waals surface area contributed by atoms with Crippen LogP contribution < -0.4 is 0 Å². The van der Waals surface area contributed by atoms with Gasteiger partial charge < -0.3 is 9.30 Å². The van der Waals surface area contributed by atoms with Crippen LogP contribution in [0.4, 0.5) is 0 Å². The van der Waals surface area contributed by atoms with Crippen LogP contribution in [-0.4, -0.2) is 16.6 Å². The number of aromatic nitrogens is 1. The molecule has 2 aromatic carbocycles. The highest BCUT2D eigenvalue weighted by Crippen LogP contribution is 2.30. The fourth-order valence-electron chi connectivity index (χ4n) is 3.08. The summed E-state index contributed by atoms with van der Waals surface area (Å²) in [5, 5.41) is 11.6. The predicted octanol–water partition coefficient (Wildman–Crippen LogP) is 4.67. The Hall–Kier alpha value is -3.06. The molecule has 4 heteroatoms. The topological polar surface area (TPSA) is 55.0 Å². The van der Waals surface area contributed by atoms with Gasteiger partial charge in [-0.25, -0.2) is 4.79 Å². The maximum Gasteiger partial charge on any atom is 0.349 e. The van der Waals surface area contributed by atoms with Crippen LogP contribution in [0.5, 0.6) is 0 Å². The molecule has 4 nitrogen and oxygen atoms in total. The zero-order valence-electron chi connectivity index (χ0n) is 14.6. The van der Waals surface area contributed by atoms with Crippen LogP contribution in [0.3, 0.4) is 0 Å². The Morgan fingerprint density at radius 1 is 1.20 bits per heavy atom. The first kappa shape index (κ1) is 16.8. The third-order valence-electron chi connectivity index (χ3n) is 4.11. The number of ether oxygens (including phenoxy) is 1. The Morgan fingerprint density at radius 3 is 2.60 bits per heavy atom. The first-order chi connectivity index (χ1) is 12.0. The summed E-state index contributed by atoms with van der Waals surface area (Å²) in [5.41, 5.74) is 3.14. The summed E-state index contributed by atoms with van der Waals surface area (Å²) >= 11 is 0. The second-order valence-electron chi connectivity index (χ2n) is 6.16. The van der Waals surface area contributed by atoms with E-state index < -0.39 is 5.97 Å². The summed E-state index contributed by atoms with van der Waals surface area (Å²) in [5.74, 6) is -0.589. The maximum absolute atomic E-state index is 12.0. The van der Waals surface area contributed by atoms with E-state index in [1.807, 2.05) is 36.4 Å². The molecule has 0 radical (unpaired) electrons. The van der Waals surface area contributed by atoms with Gasteiger partial charge in [-0.05, 0) is 50.6 Å². The average Bonchev–Trinajstić information content (AvgIpc) is 2.92. The van der Waals surface area contributed by atoms with Gasteiger partial charge in [0, 0.05) is 28.4 Å². The number of rotatable bonds is 4. The average molecular weight is 332 g/mol. The lowest BCUT2D eigenvalue weighted by Gasteiger charge is -2.06. The zero-order valence-corrected chi connectivity index (χ0v) is 14.6. The van der Waals surface area contributed by atoms with E-state index in [4.69, 9.17) is 4.74 Å². The van der Waals surface area contributed by atoms with Crippen molar-refractivity contribution in [2.24, 2.45) is 0 Å². The van der Waals surface area contributed by atoms with Gasteiger partial charge in [-0.1, -0.05) is 24.3 Å². The van der Waals surface area contributed by atoms with E-state index >= 15 is 0 Å². The largest absolute Gasteiger partial charge is 0.459 e. The molecule has 3 rings (SSSR count). The number of nitrogens with zero attached hydrogens (tertiary/aromatic N) is 2. The number of hydrogen-bond donors (Lipinski definition) is 0. The maximum atomic E-state index is 12.0. The third kappa shape index (κ3) is 3.14. The molecule has 0 amide bonds. The summed E-state index contributed by atoms with van der Waals surface area (Å²) in [6.45, 7) is 6.52. The van der Waals surface area contributed by atoms with Crippen molar-refractivity contribution in [1.29, 1.82) is 5.26 Å². The number of hydrogen-bond acceptors (Lipinski definition) is 3. The van der Waals surface area contributed by atoms with E-state index in [1.54, 1.807) is 19.9 Å². The molecule has 0 bridgehead atoms. The van der Waals surface area contributed by atoms with Gasteiger partial charge in [-0.15, -0.1) is 0 Å². The summed E-state index contributed by atoms with van der Waals surface area (Å²) in [4.78, 5) is 12.0. The summed E-state index contributed by atoms with van der Waals surface area (Å²) in [6.07, 6.45) is 1.33. The molecule has 0 aliphatic heterocycles. The molecule has 0 saturated carbocycles. The van der Waals surface area contributed by atoms with Crippen molar-refractivity contribution in [3.8, 4) is 6.07 Å². The summed E-state index contributed by atoms with van der Waals surface area (Å²) in [6, 6.07) is 16.2. The normalized spacial score (nSPS) is 11.9. The number of esters is 1. The Kier molecular flexibility index (Phi) is 4.58. The Morgan fingerprint density at radius 2 is 1.92 bits per heavy atom. The monoisotopic (exact) mass is 332 g/mol. The van der Waals surface area contributed by atoms with Crippen LogP contribution in [0.25, 0.3) is 27.9 Å². The number of fused-ring (bicyclic) bond motifs is 3. The van der Waals surface area contributed by atoms with Gasteiger partial charge in [0.2, 0.25) is 0 Å². The lowest BCUT2D eigenvalue weighted by molar-refractivity contribution is -0.142. The molecule has 0 aliphatic rings. The highest BCUT2D eigenvalue weighted by atomic mass is 16.5. The number of para-hydroxylation sites is 1. The SMILES string of the molecule is CCn1c2ccccc2c2cc(C=C(C#N)C(=O)OC(C)C)ccc21. The Balaban J connectivity index is 2.13. The summed E-state index contributed by atoms with van der Waals surface area (Å²) in [7, 11) is 0. The smallest absolute Gasteiger partial charge is 0.349 e. The molecule has 0 atom stereocenters. The predicted molar refractivity (Wildman–Crippen MR) is 99.9 cm³/mol. The highest BCUT2D eigenvalue weighted by molar-refractivity contribution is 6.09. The fourth-order valence-corrected chi connectivity index (χ4v) is 3.08. The molecule has 25 heavy (non-hydrogen) atoms. The minimum Gasteiger partial charge on any atom is -0.459 e.